The molecule has 1 aliphatic heterocycles. The van der Waals surface area contributed by atoms with Gasteiger partial charge in [-0.05, 0) is 87.7 Å². The zero-order valence-electron chi connectivity index (χ0n) is 27.9. The number of ether oxygens (including phenoxy) is 2. The number of likely N-dealkylation sites (N-methyl/N-ethyl adjacent to an activating group) is 1. The number of urea groups is 2. The van der Waals surface area contributed by atoms with Crippen LogP contribution < -0.4 is 20.7 Å². The van der Waals surface area contributed by atoms with E-state index >= 15 is 0 Å². The maximum atomic E-state index is 14.3. The fraction of sp³-hybridized carbons (Fsp3) is 0.417. The lowest BCUT2D eigenvalue weighted by molar-refractivity contribution is -0.0115. The van der Waals surface area contributed by atoms with E-state index in [0.29, 0.717) is 35.8 Å². The zero-order chi connectivity index (χ0) is 34.6. The average Bonchev–Trinajstić information content (AvgIpc) is 3.07. The molecule has 1 aliphatic rings. The highest BCUT2D eigenvalue weighted by molar-refractivity contribution is 6.02. The van der Waals surface area contributed by atoms with E-state index < -0.39 is 24.0 Å². The maximum Gasteiger partial charge on any atom is 0.323 e. The third-order valence-corrected chi connectivity index (χ3v) is 8.24. The molecule has 1 heterocycles. The molecule has 0 unspecified atom stereocenters. The standard InChI is InChI=1S/C36H46FN5O6/c1-24-21-42(25(2)23-43)34(44)31-20-30(39-35(45)38-29-15-13-27(37)14-16-29)17-18-32(31)48-26(3)10-8-9-19-47-33(24)22-41(4)36(46)40-28-11-6-5-7-12-28/h5-7,11-18,20,24-26,33,43H,8-10,19,21-23H2,1-4H3,(H,40,46)(H2,38,39,45)/t24-,25-,26-,33-/m1/s1. The molecule has 11 nitrogen and oxygen atoms in total. The molecule has 4 N–H and O–H groups in total. The van der Waals surface area contributed by atoms with E-state index in [1.807, 2.05) is 44.2 Å². The average molecular weight is 664 g/mol. The molecule has 0 fully saturated rings. The van der Waals surface area contributed by atoms with Crippen LogP contribution >= 0.6 is 0 Å². The van der Waals surface area contributed by atoms with E-state index in [9.17, 15) is 23.9 Å². The highest BCUT2D eigenvalue weighted by Crippen LogP contribution is 2.29. The van der Waals surface area contributed by atoms with Crippen LogP contribution in [0.5, 0.6) is 5.75 Å². The zero-order valence-corrected chi connectivity index (χ0v) is 27.9. The predicted octanol–water partition coefficient (Wildman–Crippen LogP) is 6.43. The van der Waals surface area contributed by atoms with Crippen molar-refractivity contribution < 1.29 is 33.4 Å². The van der Waals surface area contributed by atoms with Crippen molar-refractivity contribution >= 4 is 35.0 Å². The molecule has 0 bridgehead atoms. The Balaban J connectivity index is 1.57. The summed E-state index contributed by atoms with van der Waals surface area (Å²) in [6, 6.07) is 18.0. The van der Waals surface area contributed by atoms with Crippen LogP contribution in [-0.4, -0.2) is 84.5 Å². The van der Waals surface area contributed by atoms with Crippen molar-refractivity contribution in [2.24, 2.45) is 5.92 Å². The van der Waals surface area contributed by atoms with Crippen LogP contribution in [-0.2, 0) is 4.74 Å². The molecule has 4 atom stereocenters. The first-order chi connectivity index (χ1) is 23.0. The van der Waals surface area contributed by atoms with E-state index in [0.717, 1.165) is 12.8 Å². The third-order valence-electron chi connectivity index (χ3n) is 8.24. The van der Waals surface area contributed by atoms with Crippen LogP contribution in [0.2, 0.25) is 0 Å². The number of carbonyl (C=O) groups excluding carboxylic acids is 3. The van der Waals surface area contributed by atoms with Crippen molar-refractivity contribution in [2.75, 3.05) is 49.3 Å². The largest absolute Gasteiger partial charge is 0.490 e. The van der Waals surface area contributed by atoms with Crippen LogP contribution in [0.25, 0.3) is 0 Å². The second kappa shape index (κ2) is 17.5. The molecule has 12 heteroatoms. The Hall–Kier alpha value is -4.68. The summed E-state index contributed by atoms with van der Waals surface area (Å²) in [4.78, 5) is 43.2. The molecular weight excluding hydrogens is 617 g/mol. The van der Waals surface area contributed by atoms with Gasteiger partial charge in [0.2, 0.25) is 0 Å². The Labute approximate surface area is 281 Å². The van der Waals surface area contributed by atoms with Crippen LogP contribution in [0.4, 0.5) is 31.0 Å². The normalized spacial score (nSPS) is 19.6. The summed E-state index contributed by atoms with van der Waals surface area (Å²) in [6.45, 7) is 6.34. The molecule has 0 saturated carbocycles. The van der Waals surface area contributed by atoms with Gasteiger partial charge in [0.05, 0.1) is 30.4 Å². The van der Waals surface area contributed by atoms with Gasteiger partial charge in [-0.3, -0.25) is 4.79 Å². The number of aliphatic hydroxyl groups is 1. The molecule has 3 aromatic carbocycles. The molecule has 0 aromatic heterocycles. The SMILES string of the molecule is C[C@@H]1CCCCO[C@H](CN(C)C(=O)Nc2ccccc2)[C@H](C)CN([C@H](C)CO)C(=O)c2cc(NC(=O)Nc3ccc(F)cc3)ccc2O1. The Morgan fingerprint density at radius 1 is 0.979 bits per heavy atom. The molecule has 0 spiro atoms. The number of hydrogen-bond donors (Lipinski definition) is 4. The first kappa shape index (κ1) is 36.2. The lowest BCUT2D eigenvalue weighted by atomic mass is 10.0. The number of hydrogen-bond acceptors (Lipinski definition) is 6. The van der Waals surface area contributed by atoms with Gasteiger partial charge in [0, 0.05) is 49.7 Å². The Bertz CT molecular complexity index is 1510. The maximum absolute atomic E-state index is 14.3. The number of nitrogens with zero attached hydrogens (tertiary/aromatic N) is 2. The summed E-state index contributed by atoms with van der Waals surface area (Å²) >= 11 is 0. The highest BCUT2D eigenvalue weighted by atomic mass is 19.1. The van der Waals surface area contributed by atoms with Crippen LogP contribution in [0.3, 0.4) is 0 Å². The van der Waals surface area contributed by atoms with E-state index in [2.05, 4.69) is 16.0 Å². The molecule has 5 amide bonds. The molecule has 3 aromatic rings. The van der Waals surface area contributed by atoms with E-state index in [4.69, 9.17) is 9.47 Å². The number of carbonyl (C=O) groups is 3. The fourth-order valence-electron chi connectivity index (χ4n) is 5.38. The van der Waals surface area contributed by atoms with Gasteiger partial charge >= 0.3 is 12.1 Å². The number of nitrogens with one attached hydrogen (secondary N) is 3. The monoisotopic (exact) mass is 663 g/mol. The topological polar surface area (TPSA) is 132 Å². The predicted molar refractivity (Wildman–Crippen MR) is 184 cm³/mol. The van der Waals surface area contributed by atoms with Gasteiger partial charge in [-0.15, -0.1) is 0 Å². The quantitative estimate of drug-likeness (QED) is 0.230. The Morgan fingerprint density at radius 3 is 2.35 bits per heavy atom. The molecule has 4 rings (SSSR count). The lowest BCUT2D eigenvalue weighted by Crippen LogP contribution is -2.48. The minimum Gasteiger partial charge on any atom is -0.490 e. The fourth-order valence-corrected chi connectivity index (χ4v) is 5.38. The molecule has 258 valence electrons. The van der Waals surface area contributed by atoms with Gasteiger partial charge in [0.15, 0.2) is 0 Å². The van der Waals surface area contributed by atoms with E-state index in [1.54, 1.807) is 42.0 Å². The van der Waals surface area contributed by atoms with Gasteiger partial charge in [-0.25, -0.2) is 14.0 Å². The van der Waals surface area contributed by atoms with Gasteiger partial charge in [-0.2, -0.15) is 0 Å². The van der Waals surface area contributed by atoms with Gasteiger partial charge in [-0.1, -0.05) is 25.1 Å². The van der Waals surface area contributed by atoms with Crippen LogP contribution in [0, 0.1) is 11.7 Å². The third kappa shape index (κ3) is 10.4. The van der Waals surface area contributed by atoms with E-state index in [1.165, 1.54) is 24.3 Å². The number of amides is 5. The van der Waals surface area contributed by atoms with Crippen molar-refractivity contribution in [2.45, 2.75) is 58.3 Å². The second-order valence-corrected chi connectivity index (χ2v) is 12.3. The molecule has 0 saturated heterocycles. The lowest BCUT2D eigenvalue weighted by Gasteiger charge is -2.35. The Kier molecular flexibility index (Phi) is 13.2. The van der Waals surface area contributed by atoms with Crippen LogP contribution in [0.15, 0.2) is 72.8 Å². The second-order valence-electron chi connectivity index (χ2n) is 12.3. The summed E-state index contributed by atoms with van der Waals surface area (Å²) in [7, 11) is 1.70. The van der Waals surface area contributed by atoms with Crippen molar-refractivity contribution in [3.05, 3.63) is 84.2 Å². The minimum atomic E-state index is -0.571. The molecule has 48 heavy (non-hydrogen) atoms. The summed E-state index contributed by atoms with van der Waals surface area (Å²) in [5.41, 5.74) is 1.65. The van der Waals surface area contributed by atoms with Crippen molar-refractivity contribution in [1.82, 2.24) is 9.80 Å². The minimum absolute atomic E-state index is 0.216. The smallest absolute Gasteiger partial charge is 0.323 e. The van der Waals surface area contributed by atoms with Gasteiger partial charge in [0.1, 0.15) is 11.6 Å². The van der Waals surface area contributed by atoms with Gasteiger partial charge < -0.3 is 40.3 Å². The number of aliphatic hydroxyl groups excluding tert-OH is 1. The van der Waals surface area contributed by atoms with Crippen molar-refractivity contribution in [3.8, 4) is 5.75 Å². The molecule has 0 aliphatic carbocycles. The number of para-hydroxylation sites is 1. The van der Waals surface area contributed by atoms with E-state index in [-0.39, 0.29) is 49.2 Å². The number of fused-ring (bicyclic) bond motifs is 1. The van der Waals surface area contributed by atoms with Crippen LogP contribution in [0.1, 0.15) is 50.4 Å². The first-order valence-electron chi connectivity index (χ1n) is 16.3. The summed E-state index contributed by atoms with van der Waals surface area (Å²) in [6.07, 6.45) is 1.70. The Morgan fingerprint density at radius 2 is 1.65 bits per heavy atom. The number of benzene rings is 3. The van der Waals surface area contributed by atoms with Crippen molar-refractivity contribution in [1.29, 1.82) is 0 Å². The summed E-state index contributed by atoms with van der Waals surface area (Å²) in [5.74, 6) is -0.681. The summed E-state index contributed by atoms with van der Waals surface area (Å²) in [5, 5.41) is 18.5. The summed E-state index contributed by atoms with van der Waals surface area (Å²) < 4.78 is 25.9. The van der Waals surface area contributed by atoms with Crippen molar-refractivity contribution in [3.63, 3.8) is 0 Å². The first-order valence-corrected chi connectivity index (χ1v) is 16.3. The molecule has 0 radical (unpaired) electrons. The number of rotatable bonds is 7. The highest BCUT2D eigenvalue weighted by Gasteiger charge is 2.31. The number of anilines is 3. The van der Waals surface area contributed by atoms with Gasteiger partial charge in [0.25, 0.3) is 5.91 Å². The number of halogens is 1. The molecular formula is C36H46FN5O6.